The molecular weight excluding hydrogens is 148 g/mol. The highest BCUT2D eigenvalue weighted by Gasteiger charge is 2.39. The second-order valence-corrected chi connectivity index (χ2v) is 3.88. The Morgan fingerprint density at radius 2 is 2.42 bits per heavy atom. The summed E-state index contributed by atoms with van der Waals surface area (Å²) >= 11 is 0. The van der Waals surface area contributed by atoms with Gasteiger partial charge in [-0.15, -0.1) is 6.58 Å². The monoisotopic (exact) mass is 166 g/mol. The number of allylic oxidation sites excluding steroid dienone is 2. The lowest BCUT2D eigenvalue weighted by Gasteiger charge is -2.30. The van der Waals surface area contributed by atoms with Crippen LogP contribution in [-0.2, 0) is 0 Å². The third-order valence-electron chi connectivity index (χ3n) is 3.30. The average molecular weight is 166 g/mol. The first-order chi connectivity index (χ1) is 5.65. The van der Waals surface area contributed by atoms with Crippen molar-refractivity contribution in [2.24, 2.45) is 11.3 Å². The van der Waals surface area contributed by atoms with Crippen LogP contribution >= 0.6 is 0 Å². The quantitative estimate of drug-likeness (QED) is 0.639. The molecule has 0 radical (unpaired) electrons. The minimum Gasteiger partial charge on any atom is -0.396 e. The summed E-state index contributed by atoms with van der Waals surface area (Å²) < 4.78 is 0. The Labute approximate surface area is 74.8 Å². The normalized spacial score (nSPS) is 35.5. The van der Waals surface area contributed by atoms with Crippen LogP contribution in [-0.4, -0.2) is 11.7 Å². The van der Waals surface area contributed by atoms with Crippen molar-refractivity contribution in [3.8, 4) is 0 Å². The first-order valence-electron chi connectivity index (χ1n) is 4.57. The van der Waals surface area contributed by atoms with Crippen molar-refractivity contribution in [1.29, 1.82) is 0 Å². The summed E-state index contributed by atoms with van der Waals surface area (Å²) in [7, 11) is 0. The number of rotatable bonds is 3. The molecule has 0 amide bonds. The maximum atomic E-state index is 8.95. The predicted molar refractivity (Wildman–Crippen MR) is 51.9 cm³/mol. The summed E-state index contributed by atoms with van der Waals surface area (Å²) in [6.07, 6.45) is 5.07. The summed E-state index contributed by atoms with van der Waals surface area (Å²) in [5, 5.41) is 8.95. The van der Waals surface area contributed by atoms with Crippen LogP contribution in [0.15, 0.2) is 24.8 Å². The van der Waals surface area contributed by atoms with Crippen LogP contribution in [0, 0.1) is 11.3 Å². The molecule has 1 heteroatoms. The smallest absolute Gasteiger partial charge is 0.0439 e. The molecule has 1 aliphatic carbocycles. The molecule has 68 valence electrons. The van der Waals surface area contributed by atoms with Crippen molar-refractivity contribution in [2.45, 2.75) is 26.2 Å². The fourth-order valence-electron chi connectivity index (χ4n) is 2.17. The van der Waals surface area contributed by atoms with E-state index >= 15 is 0 Å². The Bertz CT molecular complexity index is 195. The van der Waals surface area contributed by atoms with Gasteiger partial charge in [-0.2, -0.15) is 0 Å². The molecule has 0 unspecified atom stereocenters. The first-order valence-corrected chi connectivity index (χ1v) is 4.57. The van der Waals surface area contributed by atoms with Gasteiger partial charge in [0.25, 0.3) is 0 Å². The van der Waals surface area contributed by atoms with Gasteiger partial charge in [-0.1, -0.05) is 25.2 Å². The van der Waals surface area contributed by atoms with Gasteiger partial charge in [0.15, 0.2) is 0 Å². The maximum absolute atomic E-state index is 8.95. The lowest BCUT2D eigenvalue weighted by molar-refractivity contribution is 0.203. The lowest BCUT2D eigenvalue weighted by atomic mass is 9.75. The highest BCUT2D eigenvalue weighted by molar-refractivity contribution is 5.19. The standard InChI is InChI=1S/C11H18O/c1-4-10-6-5-9(2)11(10,3)7-8-12/h4,10,12H,1-2,5-8H2,3H3/t10-,11-/m0/s1. The molecule has 1 N–H and O–H groups in total. The van der Waals surface area contributed by atoms with Crippen molar-refractivity contribution < 1.29 is 5.11 Å². The van der Waals surface area contributed by atoms with Gasteiger partial charge in [-0.25, -0.2) is 0 Å². The average Bonchev–Trinajstić information content (AvgIpc) is 2.30. The van der Waals surface area contributed by atoms with Crippen LogP contribution in [0.25, 0.3) is 0 Å². The summed E-state index contributed by atoms with van der Waals surface area (Å²) in [5.74, 6) is 0.511. The Morgan fingerprint density at radius 3 is 2.92 bits per heavy atom. The van der Waals surface area contributed by atoms with Gasteiger partial charge in [0, 0.05) is 6.61 Å². The molecule has 1 aliphatic rings. The topological polar surface area (TPSA) is 20.2 Å². The van der Waals surface area contributed by atoms with E-state index in [0.29, 0.717) is 5.92 Å². The summed E-state index contributed by atoms with van der Waals surface area (Å²) in [5.41, 5.74) is 1.39. The number of aliphatic hydroxyl groups excluding tert-OH is 1. The fraction of sp³-hybridized carbons (Fsp3) is 0.636. The molecule has 0 bridgehead atoms. The van der Waals surface area contributed by atoms with Crippen LogP contribution in [0.5, 0.6) is 0 Å². The van der Waals surface area contributed by atoms with Crippen molar-refractivity contribution in [3.63, 3.8) is 0 Å². The summed E-state index contributed by atoms with van der Waals surface area (Å²) in [6.45, 7) is 10.3. The zero-order valence-electron chi connectivity index (χ0n) is 7.84. The molecule has 1 fully saturated rings. The van der Waals surface area contributed by atoms with Crippen LogP contribution < -0.4 is 0 Å². The Balaban J connectivity index is 2.80. The Kier molecular flexibility index (Phi) is 2.73. The third kappa shape index (κ3) is 1.34. The predicted octanol–water partition coefficient (Wildman–Crippen LogP) is 2.53. The van der Waals surface area contributed by atoms with E-state index in [9.17, 15) is 0 Å². The lowest BCUT2D eigenvalue weighted by Crippen LogP contribution is -2.23. The van der Waals surface area contributed by atoms with Crippen LogP contribution in [0.4, 0.5) is 0 Å². The van der Waals surface area contributed by atoms with Crippen molar-refractivity contribution in [2.75, 3.05) is 6.61 Å². The molecule has 1 saturated carbocycles. The molecule has 0 aromatic carbocycles. The second-order valence-electron chi connectivity index (χ2n) is 3.88. The fourth-order valence-corrected chi connectivity index (χ4v) is 2.17. The van der Waals surface area contributed by atoms with Crippen molar-refractivity contribution in [1.82, 2.24) is 0 Å². The van der Waals surface area contributed by atoms with E-state index < -0.39 is 0 Å². The number of aliphatic hydroxyl groups is 1. The Hall–Kier alpha value is -0.560. The largest absolute Gasteiger partial charge is 0.396 e. The van der Waals surface area contributed by atoms with E-state index in [0.717, 1.165) is 19.3 Å². The molecular formula is C11H18O. The molecule has 0 spiro atoms. The molecule has 0 aliphatic heterocycles. The van der Waals surface area contributed by atoms with E-state index in [1.54, 1.807) is 0 Å². The van der Waals surface area contributed by atoms with E-state index in [2.05, 4.69) is 20.1 Å². The zero-order valence-corrected chi connectivity index (χ0v) is 7.84. The second kappa shape index (κ2) is 3.44. The molecule has 1 nitrogen and oxygen atoms in total. The molecule has 0 saturated heterocycles. The molecule has 1 rings (SSSR count). The van der Waals surface area contributed by atoms with Gasteiger partial charge in [0.05, 0.1) is 0 Å². The highest BCUT2D eigenvalue weighted by atomic mass is 16.3. The van der Waals surface area contributed by atoms with E-state index in [4.69, 9.17) is 5.11 Å². The molecule has 0 aromatic heterocycles. The Morgan fingerprint density at radius 1 is 1.75 bits per heavy atom. The highest BCUT2D eigenvalue weighted by Crippen LogP contribution is 2.49. The molecule has 0 aromatic rings. The number of hydrogen-bond donors (Lipinski definition) is 1. The summed E-state index contributed by atoms with van der Waals surface area (Å²) in [6, 6.07) is 0. The van der Waals surface area contributed by atoms with Crippen molar-refractivity contribution >= 4 is 0 Å². The number of hydrogen-bond acceptors (Lipinski definition) is 1. The first kappa shape index (κ1) is 9.53. The van der Waals surface area contributed by atoms with E-state index in [1.165, 1.54) is 5.57 Å². The molecule has 2 atom stereocenters. The van der Waals surface area contributed by atoms with Gasteiger partial charge in [0.1, 0.15) is 0 Å². The SMILES string of the molecule is C=C[C@H]1CCC(=C)[C@]1(C)CCO. The van der Waals surface area contributed by atoms with Crippen LogP contribution in [0.2, 0.25) is 0 Å². The van der Waals surface area contributed by atoms with Gasteiger partial charge < -0.3 is 5.11 Å². The van der Waals surface area contributed by atoms with Crippen molar-refractivity contribution in [3.05, 3.63) is 24.8 Å². The van der Waals surface area contributed by atoms with Crippen LogP contribution in [0.3, 0.4) is 0 Å². The maximum Gasteiger partial charge on any atom is 0.0439 e. The van der Waals surface area contributed by atoms with Gasteiger partial charge in [-0.3, -0.25) is 0 Å². The van der Waals surface area contributed by atoms with Gasteiger partial charge in [-0.05, 0) is 30.6 Å². The summed E-state index contributed by atoms with van der Waals surface area (Å²) in [4.78, 5) is 0. The zero-order chi connectivity index (χ0) is 9.19. The van der Waals surface area contributed by atoms with E-state index in [1.807, 2.05) is 6.08 Å². The minimum absolute atomic E-state index is 0.108. The van der Waals surface area contributed by atoms with Gasteiger partial charge in [0.2, 0.25) is 0 Å². The molecule has 12 heavy (non-hydrogen) atoms. The van der Waals surface area contributed by atoms with Gasteiger partial charge >= 0.3 is 0 Å². The van der Waals surface area contributed by atoms with Crippen LogP contribution in [0.1, 0.15) is 26.2 Å². The van der Waals surface area contributed by atoms with E-state index in [-0.39, 0.29) is 12.0 Å². The molecule has 0 heterocycles. The minimum atomic E-state index is 0.108. The third-order valence-corrected chi connectivity index (χ3v) is 3.30.